The van der Waals surface area contributed by atoms with E-state index in [4.69, 9.17) is 10.1 Å². The second-order valence-corrected chi connectivity index (χ2v) is 17.1. The quantitative estimate of drug-likeness (QED) is 0.200. The number of carbonyl (C=O) groups is 4. The zero-order valence-electron chi connectivity index (χ0n) is 35.1. The number of nitrogens with one attached hydrogen (secondary N) is 2. The number of methoxy groups -OCH3 is 1. The summed E-state index contributed by atoms with van der Waals surface area (Å²) in [5.74, 6) is 1.39. The van der Waals surface area contributed by atoms with Crippen molar-refractivity contribution in [2.24, 2.45) is 22.7 Å². The normalized spacial score (nSPS) is 23.0. The van der Waals surface area contributed by atoms with Gasteiger partial charge in [0.25, 0.3) is 5.91 Å². The van der Waals surface area contributed by atoms with Crippen molar-refractivity contribution >= 4 is 63.7 Å². The van der Waals surface area contributed by atoms with E-state index in [0.29, 0.717) is 64.9 Å². The molecule has 3 aliphatic heterocycles. The summed E-state index contributed by atoms with van der Waals surface area (Å²) in [5.41, 5.74) is 3.94. The van der Waals surface area contributed by atoms with Crippen molar-refractivity contribution in [3.05, 3.63) is 90.2 Å². The van der Waals surface area contributed by atoms with Crippen molar-refractivity contribution < 1.29 is 29.3 Å². The van der Waals surface area contributed by atoms with E-state index in [9.17, 15) is 19.2 Å². The van der Waals surface area contributed by atoms with Gasteiger partial charge in [-0.2, -0.15) is 9.61 Å². The molecule has 62 heavy (non-hydrogen) atoms. The highest BCUT2D eigenvalue weighted by atomic mass is 16.5. The first-order chi connectivity index (χ1) is 30.2. The maximum Gasteiger partial charge on any atom is 0.328 e. The van der Waals surface area contributed by atoms with Gasteiger partial charge in [-0.3, -0.25) is 35.0 Å². The van der Waals surface area contributed by atoms with Crippen LogP contribution in [0.4, 0.5) is 16.3 Å². The van der Waals surface area contributed by atoms with E-state index < -0.39 is 0 Å². The second kappa shape index (κ2) is 17.9. The molecule has 6 heterocycles. The fourth-order valence-electron chi connectivity index (χ4n) is 9.79. The molecule has 322 valence electrons. The Morgan fingerprint density at radius 1 is 0.968 bits per heavy atom. The van der Waals surface area contributed by atoms with Crippen molar-refractivity contribution in [3.63, 3.8) is 0 Å². The van der Waals surface area contributed by atoms with Gasteiger partial charge in [0, 0.05) is 87.8 Å². The summed E-state index contributed by atoms with van der Waals surface area (Å²) in [6.45, 7) is 5.21. The van der Waals surface area contributed by atoms with E-state index in [0.717, 1.165) is 101 Å². The molecular weight excluding hydrogens is 787 g/mol. The number of ether oxygens (including phenoxy) is 1. The molecule has 0 spiro atoms. The Hall–Kier alpha value is -6.42. The van der Waals surface area contributed by atoms with Crippen LogP contribution in [0.5, 0.6) is 0 Å². The van der Waals surface area contributed by atoms with E-state index in [1.54, 1.807) is 52.3 Å². The second-order valence-electron chi connectivity index (χ2n) is 17.1. The number of hydrogen-bond donors (Lipinski definition) is 3. The molecule has 3 saturated heterocycles. The highest BCUT2D eigenvalue weighted by molar-refractivity contribution is 6.15. The van der Waals surface area contributed by atoms with Crippen molar-refractivity contribution in [2.75, 3.05) is 56.6 Å². The first-order valence-corrected chi connectivity index (χ1v) is 21.9. The molecule has 16 heteroatoms. The van der Waals surface area contributed by atoms with Crippen LogP contribution in [0.15, 0.2) is 95.2 Å². The molecule has 0 unspecified atom stereocenters. The van der Waals surface area contributed by atoms with Crippen LogP contribution in [0.25, 0.3) is 16.6 Å². The van der Waals surface area contributed by atoms with E-state index in [2.05, 4.69) is 58.4 Å². The minimum atomic E-state index is -0.385. The predicted octanol–water partition coefficient (Wildman–Crippen LogP) is 4.08. The number of carbonyl (C=O) groups excluding carboxylic acids is 4. The maximum absolute atomic E-state index is 13.7. The van der Waals surface area contributed by atoms with Gasteiger partial charge >= 0.3 is 6.03 Å². The molecule has 9 rings (SSSR count). The van der Waals surface area contributed by atoms with Gasteiger partial charge < -0.3 is 24.4 Å². The Labute approximate surface area is 359 Å². The van der Waals surface area contributed by atoms with Crippen LogP contribution in [0, 0.1) is 17.8 Å². The van der Waals surface area contributed by atoms with Crippen LogP contribution < -0.4 is 20.9 Å². The summed E-state index contributed by atoms with van der Waals surface area (Å²) in [6, 6.07) is 11.8. The largest absolute Gasteiger partial charge is 0.496 e. The molecule has 5 aliphatic rings. The number of anilines is 2. The Morgan fingerprint density at radius 3 is 2.55 bits per heavy atom. The molecular formula is C46H54N11O5+. The average molecular weight is 841 g/mol. The van der Waals surface area contributed by atoms with Crippen LogP contribution in [0.3, 0.4) is 0 Å². The lowest BCUT2D eigenvalue weighted by atomic mass is 9.81. The van der Waals surface area contributed by atoms with Gasteiger partial charge in [0.15, 0.2) is 11.5 Å². The van der Waals surface area contributed by atoms with Crippen LogP contribution in [-0.4, -0.2) is 111 Å². The lowest BCUT2D eigenvalue weighted by molar-refractivity contribution is -0.138. The SMILES string of the molecule is COC1=CC(=[NH2+])/C(=C\N=CC2CCC(C(=O)N3CCC(CN4CCC(n5ccc6c(N7CCC(=O)NC7=O)cccc65)CC4)CC3)CC2)C=C1C(=O)Nc1cnc2cccnn12. The Morgan fingerprint density at radius 2 is 1.77 bits per heavy atom. The third-order valence-electron chi connectivity index (χ3n) is 13.3. The van der Waals surface area contributed by atoms with Gasteiger partial charge in [0.05, 0.1) is 41.7 Å². The van der Waals surface area contributed by atoms with Crippen molar-refractivity contribution in [1.29, 1.82) is 0 Å². The molecule has 4 fully saturated rings. The summed E-state index contributed by atoms with van der Waals surface area (Å²) < 4.78 is 9.40. The van der Waals surface area contributed by atoms with Crippen LogP contribution in [0.2, 0.25) is 0 Å². The molecule has 0 radical (unpaired) electrons. The number of imidazole rings is 1. The van der Waals surface area contributed by atoms with E-state index in [-0.39, 0.29) is 29.7 Å². The Balaban J connectivity index is 0.715. The minimum absolute atomic E-state index is 0.0580. The van der Waals surface area contributed by atoms with E-state index >= 15 is 0 Å². The predicted molar refractivity (Wildman–Crippen MR) is 235 cm³/mol. The number of aliphatic imine (C=N–C) groups is 1. The lowest BCUT2D eigenvalue weighted by Gasteiger charge is -2.39. The first-order valence-electron chi connectivity index (χ1n) is 21.9. The fourth-order valence-corrected chi connectivity index (χ4v) is 9.79. The number of likely N-dealkylation sites (tertiary alicyclic amines) is 2. The number of piperidine rings is 2. The minimum Gasteiger partial charge on any atom is -0.496 e. The zero-order valence-corrected chi connectivity index (χ0v) is 35.1. The summed E-state index contributed by atoms with van der Waals surface area (Å²) in [4.78, 5) is 66.6. The summed E-state index contributed by atoms with van der Waals surface area (Å²) in [6.07, 6.45) is 20.3. The Bertz CT molecular complexity index is 2510. The van der Waals surface area contributed by atoms with E-state index in [1.165, 1.54) is 7.11 Å². The molecule has 3 aromatic heterocycles. The number of nitrogens with zero attached hydrogens (tertiary/aromatic N) is 8. The number of imide groups is 1. The maximum atomic E-state index is 13.7. The van der Waals surface area contributed by atoms with Crippen molar-refractivity contribution in [2.45, 2.75) is 63.8 Å². The third-order valence-corrected chi connectivity index (χ3v) is 13.3. The number of allylic oxidation sites excluding steroid dienone is 3. The zero-order chi connectivity index (χ0) is 42.7. The topological polar surface area (TPSA) is 184 Å². The van der Waals surface area contributed by atoms with Gasteiger partial charge in [-0.1, -0.05) is 6.07 Å². The van der Waals surface area contributed by atoms with Gasteiger partial charge in [0.2, 0.25) is 17.5 Å². The molecule has 0 bridgehead atoms. The molecule has 4 aromatic rings. The molecule has 16 nitrogen and oxygen atoms in total. The number of nitrogens with two attached hydrogens (primary N) is 1. The number of hydrogen-bond acceptors (Lipinski definition) is 9. The van der Waals surface area contributed by atoms with Gasteiger partial charge in [-0.15, -0.1) is 0 Å². The highest BCUT2D eigenvalue weighted by Gasteiger charge is 2.33. The van der Waals surface area contributed by atoms with E-state index in [1.807, 2.05) is 18.3 Å². The molecule has 2 aliphatic carbocycles. The fraction of sp³-hybridized carbons (Fsp3) is 0.435. The van der Waals surface area contributed by atoms with Crippen LogP contribution in [0.1, 0.15) is 63.8 Å². The van der Waals surface area contributed by atoms with Crippen molar-refractivity contribution in [3.8, 4) is 0 Å². The summed E-state index contributed by atoms with van der Waals surface area (Å²) in [7, 11) is 1.50. The van der Waals surface area contributed by atoms with Gasteiger partial charge in [0.1, 0.15) is 5.76 Å². The summed E-state index contributed by atoms with van der Waals surface area (Å²) in [5, 5.41) is 16.9. The number of rotatable bonds is 10. The molecule has 1 aromatic carbocycles. The highest BCUT2D eigenvalue weighted by Crippen LogP contribution is 2.35. The van der Waals surface area contributed by atoms with Crippen molar-refractivity contribution in [1.82, 2.24) is 34.3 Å². The number of aromatic nitrogens is 4. The van der Waals surface area contributed by atoms with Crippen LogP contribution >= 0.6 is 0 Å². The smallest absolute Gasteiger partial charge is 0.328 e. The summed E-state index contributed by atoms with van der Waals surface area (Å²) >= 11 is 0. The average Bonchev–Trinajstić information content (AvgIpc) is 3.92. The molecule has 1 saturated carbocycles. The van der Waals surface area contributed by atoms with Gasteiger partial charge in [-0.25, -0.2) is 9.78 Å². The number of urea groups is 1. The molecule has 0 atom stereocenters. The molecule has 4 N–H and O–H groups in total. The molecule has 5 amide bonds. The Kier molecular flexibility index (Phi) is 11.8. The first kappa shape index (κ1) is 41.0. The standard InChI is InChI=1S/C46H53N11O5/c1-62-40-25-37(47)33(24-36(40)44(59)51-42-28-49-41-6-3-17-50-57(41)42)27-48-26-30-7-9-32(10-8-30)45(60)54-20-11-31(12-21-54)29-53-18-13-34(14-19-53)55-22-15-35-38(55)4-2-5-39(35)56-23-16-43(58)52-46(56)61/h2-6,15,17,22,24-28,30-32,34,47H,7-14,16,18-21,23,29H2,1H3,(H,51,59)(H,52,58,61)/p+1/b33-27-,47-37?,48-26?. The monoisotopic (exact) mass is 840 g/mol. The number of fused-ring (bicyclic) bond motifs is 2. The third kappa shape index (κ3) is 8.56. The lowest BCUT2D eigenvalue weighted by Crippen LogP contribution is -2.49. The van der Waals surface area contributed by atoms with Gasteiger partial charge in [-0.05, 0) is 99.6 Å². The number of benzene rings is 1. The number of amides is 5. The van der Waals surface area contributed by atoms with Crippen LogP contribution in [-0.2, 0) is 19.1 Å².